The molecule has 25 heavy (non-hydrogen) atoms. The molecule has 3 aromatic rings. The van der Waals surface area contributed by atoms with Crippen LogP contribution in [0.15, 0.2) is 47.4 Å². The number of anilines is 2. The van der Waals surface area contributed by atoms with Crippen LogP contribution >= 0.6 is 11.6 Å². The number of aromatic nitrogens is 2. The summed E-state index contributed by atoms with van der Waals surface area (Å²) in [6, 6.07) is 12.3. The summed E-state index contributed by atoms with van der Waals surface area (Å²) in [5, 5.41) is 9.24. The third kappa shape index (κ3) is 3.38. The normalized spacial score (nSPS) is 11.5. The van der Waals surface area contributed by atoms with Crippen molar-refractivity contribution < 1.29 is 8.42 Å². The van der Waals surface area contributed by atoms with Crippen LogP contribution in [0.25, 0.3) is 10.8 Å². The Morgan fingerprint density at radius 2 is 1.72 bits per heavy atom. The molecule has 0 aliphatic carbocycles. The van der Waals surface area contributed by atoms with E-state index in [4.69, 9.17) is 11.6 Å². The monoisotopic (exact) mass is 376 g/mol. The average Bonchev–Trinajstić information content (AvgIpc) is 2.56. The van der Waals surface area contributed by atoms with E-state index in [1.165, 1.54) is 0 Å². The maximum Gasteiger partial charge on any atom is 0.263 e. The Labute approximate surface area is 151 Å². The van der Waals surface area contributed by atoms with E-state index in [1.807, 2.05) is 37.2 Å². The summed E-state index contributed by atoms with van der Waals surface area (Å²) in [4.78, 5) is 2.13. The molecule has 0 fully saturated rings. The van der Waals surface area contributed by atoms with E-state index in [0.29, 0.717) is 10.9 Å². The summed E-state index contributed by atoms with van der Waals surface area (Å²) in [5.74, 6) is 0.158. The lowest BCUT2D eigenvalue weighted by Gasteiger charge is -2.17. The molecule has 0 bridgehead atoms. The number of aryl methyl sites for hydroxylation is 1. The molecule has 8 heteroatoms. The predicted octanol–water partition coefficient (Wildman–Crippen LogP) is 3.46. The van der Waals surface area contributed by atoms with E-state index in [1.54, 1.807) is 31.2 Å². The van der Waals surface area contributed by atoms with Crippen molar-refractivity contribution in [3.63, 3.8) is 0 Å². The van der Waals surface area contributed by atoms with E-state index >= 15 is 0 Å². The summed E-state index contributed by atoms with van der Waals surface area (Å²) in [6.07, 6.45) is 0. The Hall–Kier alpha value is -2.38. The lowest BCUT2D eigenvalue weighted by atomic mass is 10.1. The minimum Gasteiger partial charge on any atom is -0.377 e. The molecule has 0 aliphatic rings. The lowest BCUT2D eigenvalue weighted by Crippen LogP contribution is -2.16. The van der Waals surface area contributed by atoms with Gasteiger partial charge in [-0.25, -0.2) is 8.42 Å². The Bertz CT molecular complexity index is 1050. The summed E-state index contributed by atoms with van der Waals surface area (Å²) in [7, 11) is 0.00319. The summed E-state index contributed by atoms with van der Waals surface area (Å²) in [5.41, 5.74) is 1.54. The number of halogens is 1. The highest BCUT2D eigenvalue weighted by Gasteiger charge is 2.20. The Balaban J connectivity index is 2.13. The maximum atomic E-state index is 12.9. The summed E-state index contributed by atoms with van der Waals surface area (Å²) in [6.45, 7) is 1.71. The summed E-state index contributed by atoms with van der Waals surface area (Å²) >= 11 is 5.77. The van der Waals surface area contributed by atoms with Crippen LogP contribution in [-0.4, -0.2) is 32.7 Å². The van der Waals surface area contributed by atoms with Crippen LogP contribution in [0.1, 0.15) is 5.56 Å². The van der Waals surface area contributed by atoms with Crippen LogP contribution in [0.5, 0.6) is 0 Å². The zero-order chi connectivity index (χ0) is 18.2. The van der Waals surface area contributed by atoms with Gasteiger partial charge in [0, 0.05) is 30.6 Å². The molecule has 0 unspecified atom stereocenters. The minimum absolute atomic E-state index is 0.158. The van der Waals surface area contributed by atoms with Gasteiger partial charge in [0.2, 0.25) is 0 Å². The third-order valence-electron chi connectivity index (χ3n) is 3.82. The highest BCUT2D eigenvalue weighted by molar-refractivity contribution is 7.93. The molecule has 0 aliphatic heterocycles. The number of nitrogens with zero attached hydrogens (tertiary/aromatic N) is 3. The molecule has 1 aromatic heterocycles. The van der Waals surface area contributed by atoms with Gasteiger partial charge in [0.1, 0.15) is 0 Å². The first kappa shape index (κ1) is 17.4. The first-order chi connectivity index (χ1) is 11.8. The number of hydrogen-bond donors (Lipinski definition) is 1. The van der Waals surface area contributed by atoms with E-state index in [9.17, 15) is 8.42 Å². The quantitative estimate of drug-likeness (QED) is 0.754. The molecule has 0 atom stereocenters. The standard InChI is InChI=1S/C17H17ClN4O2S/c1-11-10-16(18)19-20-17(11)21-25(23,24)15-9-5-6-12-13(15)7-4-8-14(12)22(2)3/h4-10H,1-3H3,(H,20,21). The second kappa shape index (κ2) is 6.50. The van der Waals surface area contributed by atoms with Crippen LogP contribution in [0.4, 0.5) is 11.5 Å². The highest BCUT2D eigenvalue weighted by Crippen LogP contribution is 2.31. The van der Waals surface area contributed by atoms with Crippen molar-refractivity contribution in [1.29, 1.82) is 0 Å². The number of benzene rings is 2. The van der Waals surface area contributed by atoms with Crippen molar-refractivity contribution in [2.75, 3.05) is 23.7 Å². The second-order valence-corrected chi connectivity index (χ2v) is 7.87. The molecule has 0 amide bonds. The fourth-order valence-electron chi connectivity index (χ4n) is 2.62. The first-order valence-electron chi connectivity index (χ1n) is 7.51. The van der Waals surface area contributed by atoms with Crippen LogP contribution in [0, 0.1) is 6.92 Å². The van der Waals surface area contributed by atoms with Crippen molar-refractivity contribution in [2.24, 2.45) is 0 Å². The van der Waals surface area contributed by atoms with Crippen molar-refractivity contribution in [3.05, 3.63) is 53.2 Å². The fraction of sp³-hybridized carbons (Fsp3) is 0.176. The van der Waals surface area contributed by atoms with E-state index in [0.717, 1.165) is 11.1 Å². The van der Waals surface area contributed by atoms with Gasteiger partial charge in [0.05, 0.1) is 4.90 Å². The maximum absolute atomic E-state index is 12.9. The van der Waals surface area contributed by atoms with Gasteiger partial charge in [-0.2, -0.15) is 0 Å². The number of rotatable bonds is 4. The molecule has 2 aromatic carbocycles. The largest absolute Gasteiger partial charge is 0.377 e. The van der Waals surface area contributed by atoms with Gasteiger partial charge in [-0.3, -0.25) is 4.72 Å². The SMILES string of the molecule is Cc1cc(Cl)nnc1NS(=O)(=O)c1cccc2c(N(C)C)cccc12. The topological polar surface area (TPSA) is 75.2 Å². The van der Waals surface area contributed by atoms with Crippen molar-refractivity contribution in [1.82, 2.24) is 10.2 Å². The van der Waals surface area contributed by atoms with Gasteiger partial charge in [-0.15, -0.1) is 10.2 Å². The molecule has 0 saturated heterocycles. The molecule has 6 nitrogen and oxygen atoms in total. The molecule has 130 valence electrons. The molecule has 3 rings (SSSR count). The number of fused-ring (bicyclic) bond motifs is 1. The first-order valence-corrected chi connectivity index (χ1v) is 9.37. The lowest BCUT2D eigenvalue weighted by molar-refractivity contribution is 0.601. The van der Waals surface area contributed by atoms with Crippen LogP contribution < -0.4 is 9.62 Å². The Morgan fingerprint density at radius 3 is 2.40 bits per heavy atom. The molecule has 0 radical (unpaired) electrons. The molecule has 0 spiro atoms. The van der Waals surface area contributed by atoms with Gasteiger partial charge in [-0.1, -0.05) is 35.9 Å². The smallest absolute Gasteiger partial charge is 0.263 e. The Kier molecular flexibility index (Phi) is 4.53. The zero-order valence-electron chi connectivity index (χ0n) is 14.0. The molecule has 1 heterocycles. The zero-order valence-corrected chi connectivity index (χ0v) is 15.6. The number of nitrogens with one attached hydrogen (secondary N) is 1. The van der Waals surface area contributed by atoms with E-state index in [2.05, 4.69) is 14.9 Å². The van der Waals surface area contributed by atoms with Crippen LogP contribution in [0.3, 0.4) is 0 Å². The molecule has 0 saturated carbocycles. The van der Waals surface area contributed by atoms with Crippen LogP contribution in [-0.2, 0) is 10.0 Å². The predicted molar refractivity (Wildman–Crippen MR) is 101 cm³/mol. The summed E-state index contributed by atoms with van der Waals surface area (Å²) < 4.78 is 28.3. The number of sulfonamides is 1. The molecular formula is C17H17ClN4O2S. The van der Waals surface area contributed by atoms with Crippen molar-refractivity contribution >= 4 is 43.9 Å². The third-order valence-corrected chi connectivity index (χ3v) is 5.40. The highest BCUT2D eigenvalue weighted by atomic mass is 35.5. The average molecular weight is 377 g/mol. The van der Waals surface area contributed by atoms with Gasteiger partial charge in [0.25, 0.3) is 10.0 Å². The minimum atomic E-state index is -3.83. The Morgan fingerprint density at radius 1 is 1.04 bits per heavy atom. The van der Waals surface area contributed by atoms with Crippen molar-refractivity contribution in [2.45, 2.75) is 11.8 Å². The fourth-order valence-corrected chi connectivity index (χ4v) is 4.12. The number of hydrogen-bond acceptors (Lipinski definition) is 5. The van der Waals surface area contributed by atoms with Crippen LogP contribution in [0.2, 0.25) is 5.15 Å². The van der Waals surface area contributed by atoms with E-state index < -0.39 is 10.0 Å². The van der Waals surface area contributed by atoms with Gasteiger partial charge in [0.15, 0.2) is 11.0 Å². The van der Waals surface area contributed by atoms with Gasteiger partial charge < -0.3 is 4.90 Å². The molecular weight excluding hydrogens is 360 g/mol. The van der Waals surface area contributed by atoms with Gasteiger partial charge in [-0.05, 0) is 30.7 Å². The van der Waals surface area contributed by atoms with E-state index in [-0.39, 0.29) is 15.9 Å². The second-order valence-electron chi connectivity index (χ2n) is 5.83. The van der Waals surface area contributed by atoms with Crippen molar-refractivity contribution in [3.8, 4) is 0 Å². The van der Waals surface area contributed by atoms with Gasteiger partial charge >= 0.3 is 0 Å². The molecule has 1 N–H and O–H groups in total.